The molecule has 5 rings (SSSR count). The van der Waals surface area contributed by atoms with E-state index in [9.17, 15) is 9.59 Å². The number of benzene rings is 2. The smallest absolute Gasteiger partial charge is 0.257 e. The molecule has 1 aliphatic rings. The average molecular weight is 403 g/mol. The Kier molecular flexibility index (Phi) is 4.37. The predicted molar refractivity (Wildman–Crippen MR) is 113 cm³/mol. The van der Waals surface area contributed by atoms with E-state index in [0.717, 1.165) is 24.2 Å². The van der Waals surface area contributed by atoms with Crippen LogP contribution in [0.4, 0.5) is 11.4 Å². The maximum absolute atomic E-state index is 12.9. The number of hydrogen-bond acceptors (Lipinski definition) is 5. The summed E-state index contributed by atoms with van der Waals surface area (Å²) >= 11 is 1.45. The normalized spacial score (nSPS) is 13.4. The van der Waals surface area contributed by atoms with E-state index in [0.29, 0.717) is 34.0 Å². The zero-order chi connectivity index (χ0) is 19.8. The molecule has 0 unspecified atom stereocenters. The van der Waals surface area contributed by atoms with Crippen LogP contribution < -0.4 is 10.6 Å². The Labute approximate surface area is 170 Å². The summed E-state index contributed by atoms with van der Waals surface area (Å²) in [7, 11) is 0. The van der Waals surface area contributed by atoms with Gasteiger partial charge in [0.2, 0.25) is 0 Å². The van der Waals surface area contributed by atoms with Crippen LogP contribution in [0.2, 0.25) is 0 Å². The van der Waals surface area contributed by atoms with Crippen molar-refractivity contribution in [1.29, 1.82) is 0 Å². The third-order valence-corrected chi connectivity index (χ3v) is 5.48. The quantitative estimate of drug-likeness (QED) is 0.475. The molecule has 4 aromatic rings. The molecule has 0 saturated heterocycles. The molecule has 2 aromatic carbocycles. The molecule has 144 valence electrons. The predicted octanol–water partition coefficient (Wildman–Crippen LogP) is 5.27. The molecule has 2 heterocycles. The van der Waals surface area contributed by atoms with Gasteiger partial charge in [0.1, 0.15) is 5.52 Å². The van der Waals surface area contributed by atoms with Crippen LogP contribution in [0.25, 0.3) is 11.1 Å². The topological polar surface area (TPSA) is 84.2 Å². The van der Waals surface area contributed by atoms with Gasteiger partial charge >= 0.3 is 0 Å². The number of carbonyl (C=O) groups excluding carboxylic acids is 2. The summed E-state index contributed by atoms with van der Waals surface area (Å²) in [6, 6.07) is 14.1. The molecule has 29 heavy (non-hydrogen) atoms. The van der Waals surface area contributed by atoms with Gasteiger partial charge in [0.05, 0.1) is 16.8 Å². The van der Waals surface area contributed by atoms with Crippen molar-refractivity contribution in [1.82, 2.24) is 4.98 Å². The van der Waals surface area contributed by atoms with Crippen molar-refractivity contribution in [3.8, 4) is 0 Å². The van der Waals surface area contributed by atoms with E-state index in [1.807, 2.05) is 11.4 Å². The monoisotopic (exact) mass is 403 g/mol. The van der Waals surface area contributed by atoms with Gasteiger partial charge in [-0.3, -0.25) is 9.59 Å². The van der Waals surface area contributed by atoms with E-state index < -0.39 is 0 Å². The first-order valence-corrected chi connectivity index (χ1v) is 10.3. The van der Waals surface area contributed by atoms with E-state index in [1.165, 1.54) is 11.3 Å². The standard InChI is InChI=1S/C22H17N3O3S/c26-20(14-9-10-29-12-14)24-17-4-2-1-3-16(17)21(27)23-15-7-8-19-18(11-15)25-22(28-19)13-5-6-13/h1-4,7-13H,5-6H2,(H,23,27)(H,24,26). The number of oxazole rings is 1. The van der Waals surface area contributed by atoms with Gasteiger partial charge in [0, 0.05) is 17.0 Å². The lowest BCUT2D eigenvalue weighted by atomic mass is 10.1. The summed E-state index contributed by atoms with van der Waals surface area (Å²) < 4.78 is 5.76. The maximum atomic E-state index is 12.9. The fourth-order valence-electron chi connectivity index (χ4n) is 3.10. The molecule has 0 bridgehead atoms. The molecular weight excluding hydrogens is 386 g/mol. The Morgan fingerprint density at radius 2 is 1.90 bits per heavy atom. The van der Waals surface area contributed by atoms with Crippen LogP contribution in [-0.4, -0.2) is 16.8 Å². The highest BCUT2D eigenvalue weighted by atomic mass is 32.1. The first kappa shape index (κ1) is 17.6. The molecule has 0 spiro atoms. The number of nitrogens with zero attached hydrogens (tertiary/aromatic N) is 1. The van der Waals surface area contributed by atoms with Crippen molar-refractivity contribution in [3.05, 3.63) is 76.3 Å². The number of nitrogens with one attached hydrogen (secondary N) is 2. The average Bonchev–Trinajstić information content (AvgIpc) is 3.25. The summed E-state index contributed by atoms with van der Waals surface area (Å²) in [5.41, 5.74) is 3.47. The highest BCUT2D eigenvalue weighted by Gasteiger charge is 2.29. The van der Waals surface area contributed by atoms with Crippen LogP contribution in [-0.2, 0) is 0 Å². The molecule has 2 amide bonds. The van der Waals surface area contributed by atoms with Gasteiger partial charge in [-0.1, -0.05) is 12.1 Å². The lowest BCUT2D eigenvalue weighted by Crippen LogP contribution is -2.17. The van der Waals surface area contributed by atoms with Crippen molar-refractivity contribution >= 4 is 45.6 Å². The van der Waals surface area contributed by atoms with Crippen LogP contribution in [0.15, 0.2) is 63.7 Å². The summed E-state index contributed by atoms with van der Waals surface area (Å²) in [6.07, 6.45) is 2.23. The molecule has 0 radical (unpaired) electrons. The van der Waals surface area contributed by atoms with Crippen LogP contribution in [0.3, 0.4) is 0 Å². The molecule has 6 nitrogen and oxygen atoms in total. The number of rotatable bonds is 5. The zero-order valence-corrected chi connectivity index (χ0v) is 16.2. The molecule has 2 aromatic heterocycles. The minimum atomic E-state index is -0.309. The highest BCUT2D eigenvalue weighted by Crippen LogP contribution is 2.40. The van der Waals surface area contributed by atoms with Gasteiger partial charge in [0.15, 0.2) is 11.5 Å². The minimum Gasteiger partial charge on any atom is -0.440 e. The van der Waals surface area contributed by atoms with Crippen molar-refractivity contribution in [2.45, 2.75) is 18.8 Å². The third kappa shape index (κ3) is 3.64. The number of amides is 2. The van der Waals surface area contributed by atoms with Crippen molar-refractivity contribution in [2.75, 3.05) is 10.6 Å². The molecule has 1 saturated carbocycles. The molecule has 7 heteroatoms. The fourth-order valence-corrected chi connectivity index (χ4v) is 3.74. The number of anilines is 2. The first-order chi connectivity index (χ1) is 14.2. The number of hydrogen-bond donors (Lipinski definition) is 2. The second-order valence-corrected chi connectivity index (χ2v) is 7.75. The van der Waals surface area contributed by atoms with Crippen LogP contribution in [0, 0.1) is 0 Å². The van der Waals surface area contributed by atoms with Crippen molar-refractivity contribution in [3.63, 3.8) is 0 Å². The second-order valence-electron chi connectivity index (χ2n) is 6.97. The van der Waals surface area contributed by atoms with Gasteiger partial charge in [-0.05, 0) is 54.6 Å². The third-order valence-electron chi connectivity index (χ3n) is 4.79. The Hall–Kier alpha value is -3.45. The number of carbonyl (C=O) groups is 2. The van der Waals surface area contributed by atoms with E-state index in [2.05, 4.69) is 15.6 Å². The Morgan fingerprint density at radius 3 is 2.69 bits per heavy atom. The van der Waals surface area contributed by atoms with Gasteiger partial charge in [0.25, 0.3) is 11.8 Å². The summed E-state index contributed by atoms with van der Waals surface area (Å²) in [6.45, 7) is 0. The highest BCUT2D eigenvalue weighted by molar-refractivity contribution is 7.08. The zero-order valence-electron chi connectivity index (χ0n) is 15.3. The van der Waals surface area contributed by atoms with Crippen molar-refractivity contribution in [2.24, 2.45) is 0 Å². The second kappa shape index (κ2) is 7.18. The van der Waals surface area contributed by atoms with Gasteiger partial charge in [-0.2, -0.15) is 11.3 Å². The van der Waals surface area contributed by atoms with E-state index >= 15 is 0 Å². The molecule has 2 N–H and O–H groups in total. The maximum Gasteiger partial charge on any atom is 0.257 e. The summed E-state index contributed by atoms with van der Waals surface area (Å²) in [5, 5.41) is 9.30. The van der Waals surface area contributed by atoms with E-state index in [-0.39, 0.29) is 11.8 Å². The van der Waals surface area contributed by atoms with Crippen LogP contribution >= 0.6 is 11.3 Å². The Morgan fingerprint density at radius 1 is 1.03 bits per heavy atom. The summed E-state index contributed by atoms with van der Waals surface area (Å²) in [5.74, 6) is 0.642. The van der Waals surface area contributed by atoms with E-state index in [4.69, 9.17) is 4.42 Å². The SMILES string of the molecule is O=C(Nc1ccccc1C(=O)Nc1ccc2oc(C3CC3)nc2c1)c1ccsc1. The fraction of sp³-hybridized carbons (Fsp3) is 0.136. The Bertz CT molecular complexity index is 1210. The largest absolute Gasteiger partial charge is 0.440 e. The molecule has 1 fully saturated rings. The van der Waals surface area contributed by atoms with Crippen LogP contribution in [0.5, 0.6) is 0 Å². The number of para-hydroxylation sites is 1. The minimum absolute atomic E-state index is 0.247. The Balaban J connectivity index is 1.36. The van der Waals surface area contributed by atoms with Gasteiger partial charge in [-0.15, -0.1) is 0 Å². The first-order valence-electron chi connectivity index (χ1n) is 9.32. The molecule has 0 aliphatic heterocycles. The van der Waals surface area contributed by atoms with Gasteiger partial charge in [-0.25, -0.2) is 4.98 Å². The van der Waals surface area contributed by atoms with Crippen molar-refractivity contribution < 1.29 is 14.0 Å². The number of fused-ring (bicyclic) bond motifs is 1. The van der Waals surface area contributed by atoms with Gasteiger partial charge < -0.3 is 15.1 Å². The number of aromatic nitrogens is 1. The molecular formula is C22H17N3O3S. The molecule has 0 atom stereocenters. The lowest BCUT2D eigenvalue weighted by molar-refractivity contribution is 0.102. The lowest BCUT2D eigenvalue weighted by Gasteiger charge is -2.11. The molecule has 1 aliphatic carbocycles. The van der Waals surface area contributed by atoms with E-state index in [1.54, 1.807) is 47.8 Å². The number of thiophene rings is 1. The van der Waals surface area contributed by atoms with Crippen LogP contribution in [0.1, 0.15) is 45.4 Å². The summed E-state index contributed by atoms with van der Waals surface area (Å²) in [4.78, 5) is 29.7.